The Balaban J connectivity index is 1.44. The van der Waals surface area contributed by atoms with E-state index >= 15 is 0 Å². The first-order valence-corrected chi connectivity index (χ1v) is 9.17. The fourth-order valence-corrected chi connectivity index (χ4v) is 3.42. The summed E-state index contributed by atoms with van der Waals surface area (Å²) < 4.78 is 13.3. The quantitative estimate of drug-likeness (QED) is 0.540. The molecule has 1 aliphatic rings. The van der Waals surface area contributed by atoms with Crippen LogP contribution in [0.4, 0.5) is 15.8 Å². The summed E-state index contributed by atoms with van der Waals surface area (Å²) in [5.41, 5.74) is 2.35. The molecule has 6 nitrogen and oxygen atoms in total. The van der Waals surface area contributed by atoms with E-state index in [-0.39, 0.29) is 5.56 Å². The van der Waals surface area contributed by atoms with E-state index in [0.717, 1.165) is 31.9 Å². The summed E-state index contributed by atoms with van der Waals surface area (Å²) in [7, 11) is 2.11. The van der Waals surface area contributed by atoms with Crippen molar-refractivity contribution in [1.82, 2.24) is 9.88 Å². The van der Waals surface area contributed by atoms with Crippen LogP contribution in [0.5, 0.6) is 0 Å². The molecule has 2 heterocycles. The van der Waals surface area contributed by atoms with E-state index in [1.807, 2.05) is 12.1 Å². The van der Waals surface area contributed by atoms with E-state index < -0.39 is 17.5 Å². The topological polar surface area (TPSA) is 68.4 Å². The molecule has 0 unspecified atom stereocenters. The summed E-state index contributed by atoms with van der Waals surface area (Å²) in [6, 6.07) is 11.5. The van der Waals surface area contributed by atoms with Crippen molar-refractivity contribution in [3.05, 3.63) is 60.0 Å². The number of anilines is 2. The predicted molar refractivity (Wildman–Crippen MR) is 107 cm³/mol. The third kappa shape index (κ3) is 3.61. The summed E-state index contributed by atoms with van der Waals surface area (Å²) in [6.07, 6.45) is 1.43. The highest BCUT2D eigenvalue weighted by molar-refractivity contribution is 6.48. The van der Waals surface area contributed by atoms with Crippen molar-refractivity contribution in [1.29, 1.82) is 0 Å². The highest BCUT2D eigenvalue weighted by Gasteiger charge is 2.20. The van der Waals surface area contributed by atoms with E-state index in [1.54, 1.807) is 12.1 Å². The molecule has 1 saturated heterocycles. The molecular formula is C21H21FN4O2. The van der Waals surface area contributed by atoms with Crippen LogP contribution in [0.1, 0.15) is 10.4 Å². The molecule has 1 amide bonds. The zero-order valence-electron chi connectivity index (χ0n) is 15.5. The summed E-state index contributed by atoms with van der Waals surface area (Å²) in [6.45, 7) is 3.95. The number of hydrogen-bond acceptors (Lipinski definition) is 4. The molecule has 1 aliphatic heterocycles. The van der Waals surface area contributed by atoms with Gasteiger partial charge >= 0.3 is 0 Å². The van der Waals surface area contributed by atoms with Gasteiger partial charge in [-0.15, -0.1) is 0 Å². The summed E-state index contributed by atoms with van der Waals surface area (Å²) in [5, 5.41) is 3.16. The zero-order valence-corrected chi connectivity index (χ0v) is 15.5. The van der Waals surface area contributed by atoms with Gasteiger partial charge in [0.25, 0.3) is 11.7 Å². The predicted octanol–water partition coefficient (Wildman–Crippen LogP) is 2.88. The van der Waals surface area contributed by atoms with Gasteiger partial charge in [0, 0.05) is 54.7 Å². The number of hydrogen-bond donors (Lipinski definition) is 2. The van der Waals surface area contributed by atoms with Crippen LogP contribution in [-0.4, -0.2) is 54.8 Å². The standard InChI is InChI=1S/C21H21FN4O2/c1-25-8-10-26(11-9-25)16-5-3-15(4-6-16)24-21(28)20(27)18-13-23-19-12-14(22)2-7-17(18)19/h2-7,12-13,23H,8-11H2,1H3,(H,24,28). The maximum Gasteiger partial charge on any atom is 0.296 e. The van der Waals surface area contributed by atoms with Gasteiger partial charge in [0.2, 0.25) is 0 Å². The Hall–Kier alpha value is -3.19. The van der Waals surface area contributed by atoms with Crippen LogP contribution in [0.3, 0.4) is 0 Å². The van der Waals surface area contributed by atoms with Gasteiger partial charge in [0.05, 0.1) is 5.56 Å². The molecule has 0 bridgehead atoms. The minimum Gasteiger partial charge on any atom is -0.369 e. The number of piperazine rings is 1. The molecule has 0 saturated carbocycles. The van der Waals surface area contributed by atoms with Crippen molar-refractivity contribution in [2.45, 2.75) is 0 Å². The molecule has 4 rings (SSSR count). The van der Waals surface area contributed by atoms with Gasteiger partial charge in [-0.05, 0) is 49.5 Å². The van der Waals surface area contributed by atoms with Crippen molar-refractivity contribution in [3.63, 3.8) is 0 Å². The number of ketones is 1. The molecule has 0 atom stereocenters. The Kier molecular flexibility index (Phi) is 4.83. The first kappa shape index (κ1) is 18.2. The van der Waals surface area contributed by atoms with Crippen molar-refractivity contribution < 1.29 is 14.0 Å². The van der Waals surface area contributed by atoms with Crippen molar-refractivity contribution in [2.24, 2.45) is 0 Å². The lowest BCUT2D eigenvalue weighted by Crippen LogP contribution is -2.44. The molecule has 1 fully saturated rings. The molecule has 0 radical (unpaired) electrons. The van der Waals surface area contributed by atoms with Crippen LogP contribution in [0.2, 0.25) is 0 Å². The van der Waals surface area contributed by atoms with E-state index in [4.69, 9.17) is 0 Å². The van der Waals surface area contributed by atoms with Gasteiger partial charge in [0.1, 0.15) is 5.82 Å². The number of H-pyrrole nitrogens is 1. The molecule has 144 valence electrons. The van der Waals surface area contributed by atoms with Gasteiger partial charge in [-0.1, -0.05) is 0 Å². The van der Waals surface area contributed by atoms with Gasteiger partial charge < -0.3 is 20.1 Å². The second-order valence-corrected chi connectivity index (χ2v) is 7.01. The average molecular weight is 380 g/mol. The number of fused-ring (bicyclic) bond motifs is 1. The smallest absolute Gasteiger partial charge is 0.296 e. The van der Waals surface area contributed by atoms with Crippen LogP contribution in [0, 0.1) is 5.82 Å². The Morgan fingerprint density at radius 2 is 1.75 bits per heavy atom. The number of carbonyl (C=O) groups excluding carboxylic acids is 2. The lowest BCUT2D eigenvalue weighted by atomic mass is 10.1. The Morgan fingerprint density at radius 1 is 1.04 bits per heavy atom. The maximum absolute atomic E-state index is 13.3. The Bertz CT molecular complexity index is 1020. The lowest BCUT2D eigenvalue weighted by molar-refractivity contribution is -0.112. The highest BCUT2D eigenvalue weighted by Crippen LogP contribution is 2.22. The third-order valence-electron chi connectivity index (χ3n) is 5.09. The number of benzene rings is 2. The Morgan fingerprint density at radius 3 is 2.46 bits per heavy atom. The molecule has 2 N–H and O–H groups in total. The fraction of sp³-hybridized carbons (Fsp3) is 0.238. The normalized spacial score (nSPS) is 15.0. The summed E-state index contributed by atoms with van der Waals surface area (Å²) >= 11 is 0. The van der Waals surface area contributed by atoms with Crippen LogP contribution < -0.4 is 10.2 Å². The highest BCUT2D eigenvalue weighted by atomic mass is 19.1. The molecule has 2 aromatic carbocycles. The van der Waals surface area contributed by atoms with Gasteiger partial charge in [-0.3, -0.25) is 9.59 Å². The van der Waals surface area contributed by atoms with Gasteiger partial charge in [0.15, 0.2) is 0 Å². The van der Waals surface area contributed by atoms with Crippen LogP contribution >= 0.6 is 0 Å². The SMILES string of the molecule is CN1CCN(c2ccc(NC(=O)C(=O)c3c[nH]c4cc(F)ccc34)cc2)CC1. The minimum absolute atomic E-state index is 0.224. The monoisotopic (exact) mass is 380 g/mol. The number of Topliss-reactive ketones (excluding diaryl/α,β-unsaturated/α-hetero) is 1. The number of halogens is 1. The number of amides is 1. The second-order valence-electron chi connectivity index (χ2n) is 7.01. The average Bonchev–Trinajstić information content (AvgIpc) is 3.11. The van der Waals surface area contributed by atoms with Crippen LogP contribution in [0.15, 0.2) is 48.7 Å². The van der Waals surface area contributed by atoms with Gasteiger partial charge in [-0.25, -0.2) is 4.39 Å². The van der Waals surface area contributed by atoms with Crippen LogP contribution in [0.25, 0.3) is 10.9 Å². The number of nitrogens with zero attached hydrogens (tertiary/aromatic N) is 2. The van der Waals surface area contributed by atoms with E-state index in [0.29, 0.717) is 16.6 Å². The van der Waals surface area contributed by atoms with Crippen molar-refractivity contribution in [2.75, 3.05) is 43.4 Å². The first-order chi connectivity index (χ1) is 13.5. The molecule has 0 aliphatic carbocycles. The number of nitrogens with one attached hydrogen (secondary N) is 2. The molecule has 0 spiro atoms. The lowest BCUT2D eigenvalue weighted by Gasteiger charge is -2.34. The van der Waals surface area contributed by atoms with Gasteiger partial charge in [-0.2, -0.15) is 0 Å². The van der Waals surface area contributed by atoms with Crippen molar-refractivity contribution in [3.8, 4) is 0 Å². The number of rotatable bonds is 4. The fourth-order valence-electron chi connectivity index (χ4n) is 3.42. The van der Waals surface area contributed by atoms with Crippen molar-refractivity contribution >= 4 is 34.0 Å². The zero-order chi connectivity index (χ0) is 19.7. The largest absolute Gasteiger partial charge is 0.369 e. The van der Waals surface area contributed by atoms with Crippen LogP contribution in [-0.2, 0) is 4.79 Å². The number of aromatic amines is 1. The minimum atomic E-state index is -0.724. The first-order valence-electron chi connectivity index (χ1n) is 9.17. The number of carbonyl (C=O) groups is 2. The molecule has 7 heteroatoms. The molecule has 28 heavy (non-hydrogen) atoms. The summed E-state index contributed by atoms with van der Waals surface area (Å²) in [4.78, 5) is 32.3. The second kappa shape index (κ2) is 7.44. The molecular weight excluding hydrogens is 359 g/mol. The molecule has 3 aromatic rings. The number of aromatic nitrogens is 1. The van der Waals surface area contributed by atoms with E-state index in [1.165, 1.54) is 24.4 Å². The number of likely N-dealkylation sites (N-methyl/N-ethyl adjacent to an activating group) is 1. The maximum atomic E-state index is 13.3. The third-order valence-corrected chi connectivity index (χ3v) is 5.09. The van der Waals surface area contributed by atoms with E-state index in [2.05, 4.69) is 27.1 Å². The Labute approximate surface area is 161 Å². The van der Waals surface area contributed by atoms with E-state index in [9.17, 15) is 14.0 Å². The summed E-state index contributed by atoms with van der Waals surface area (Å²) in [5.74, 6) is -1.79. The molecule has 1 aromatic heterocycles.